The van der Waals surface area contributed by atoms with E-state index in [0.29, 0.717) is 37.4 Å². The highest BCUT2D eigenvalue weighted by Crippen LogP contribution is 2.31. The van der Waals surface area contributed by atoms with Crippen molar-refractivity contribution in [2.75, 3.05) is 14.2 Å². The van der Waals surface area contributed by atoms with E-state index in [1.54, 1.807) is 25.2 Å². The lowest BCUT2D eigenvalue weighted by Crippen LogP contribution is -2.23. The molecule has 0 saturated carbocycles. The van der Waals surface area contributed by atoms with Crippen LogP contribution in [-0.2, 0) is 24.3 Å². The number of para-hydroxylation sites is 1. The predicted molar refractivity (Wildman–Crippen MR) is 105 cm³/mol. The van der Waals surface area contributed by atoms with Gasteiger partial charge in [-0.15, -0.1) is 0 Å². The number of rotatable bonds is 9. The summed E-state index contributed by atoms with van der Waals surface area (Å²) in [6.07, 6.45) is 4.17. The number of ether oxygens (including phenoxy) is 2. The highest BCUT2D eigenvalue weighted by Gasteiger charge is 2.11. The molecule has 2 aromatic carbocycles. The minimum absolute atomic E-state index is 0.00318. The highest BCUT2D eigenvalue weighted by atomic mass is 16.5. The molecule has 0 atom stereocenters. The van der Waals surface area contributed by atoms with Gasteiger partial charge in [-0.25, -0.2) is 9.67 Å². The molecular formula is C21H24N4O3. The Morgan fingerprint density at radius 3 is 2.54 bits per heavy atom. The van der Waals surface area contributed by atoms with Gasteiger partial charge in [-0.1, -0.05) is 36.4 Å². The number of methoxy groups -OCH3 is 2. The zero-order chi connectivity index (χ0) is 19.8. The molecule has 0 radical (unpaired) electrons. The van der Waals surface area contributed by atoms with Crippen LogP contribution in [0.3, 0.4) is 0 Å². The van der Waals surface area contributed by atoms with Gasteiger partial charge in [-0.05, 0) is 29.2 Å². The fraction of sp³-hybridized carbons (Fsp3) is 0.286. The normalized spacial score (nSPS) is 10.5. The Hall–Kier alpha value is -3.35. The van der Waals surface area contributed by atoms with Gasteiger partial charge in [-0.2, -0.15) is 5.10 Å². The molecule has 3 aromatic rings. The number of benzene rings is 2. The second kappa shape index (κ2) is 9.55. The molecule has 1 N–H and O–H groups in total. The van der Waals surface area contributed by atoms with Gasteiger partial charge in [0.2, 0.25) is 5.91 Å². The molecule has 7 heteroatoms. The second-order valence-electron chi connectivity index (χ2n) is 6.34. The topological polar surface area (TPSA) is 78.3 Å². The summed E-state index contributed by atoms with van der Waals surface area (Å²) in [7, 11) is 3.21. The van der Waals surface area contributed by atoms with Crippen LogP contribution in [0, 0.1) is 0 Å². The van der Waals surface area contributed by atoms with Gasteiger partial charge in [0.15, 0.2) is 11.5 Å². The first-order chi connectivity index (χ1) is 13.7. The van der Waals surface area contributed by atoms with Gasteiger partial charge in [-0.3, -0.25) is 4.79 Å². The second-order valence-corrected chi connectivity index (χ2v) is 6.34. The van der Waals surface area contributed by atoms with Crippen molar-refractivity contribution < 1.29 is 14.3 Å². The van der Waals surface area contributed by atoms with Crippen molar-refractivity contribution in [3.63, 3.8) is 0 Å². The number of amides is 1. The number of aryl methyl sites for hydroxylation is 1. The molecule has 0 aliphatic carbocycles. The van der Waals surface area contributed by atoms with Gasteiger partial charge < -0.3 is 14.8 Å². The van der Waals surface area contributed by atoms with Crippen LogP contribution >= 0.6 is 0 Å². The maximum atomic E-state index is 12.2. The first-order valence-electron chi connectivity index (χ1n) is 9.06. The third-order valence-corrected chi connectivity index (χ3v) is 4.43. The number of nitrogens with one attached hydrogen (secondary N) is 1. The highest BCUT2D eigenvalue weighted by molar-refractivity contribution is 5.76. The van der Waals surface area contributed by atoms with Gasteiger partial charge in [0.05, 0.1) is 20.8 Å². The van der Waals surface area contributed by atoms with Crippen molar-refractivity contribution in [1.29, 1.82) is 0 Å². The maximum Gasteiger partial charge on any atom is 0.220 e. The SMILES string of the molecule is COc1cccc(CCC(=O)NCc2ccc(Cn3cncn3)cc2)c1OC. The van der Waals surface area contributed by atoms with Gasteiger partial charge in [0.25, 0.3) is 0 Å². The molecular weight excluding hydrogens is 356 g/mol. The average molecular weight is 380 g/mol. The molecule has 1 amide bonds. The molecule has 0 unspecified atom stereocenters. The van der Waals surface area contributed by atoms with E-state index in [0.717, 1.165) is 16.7 Å². The van der Waals surface area contributed by atoms with E-state index in [1.807, 2.05) is 42.5 Å². The van der Waals surface area contributed by atoms with Crippen LogP contribution in [0.4, 0.5) is 0 Å². The van der Waals surface area contributed by atoms with Crippen LogP contribution < -0.4 is 14.8 Å². The quantitative estimate of drug-likeness (QED) is 0.617. The molecule has 0 spiro atoms. The molecule has 1 heterocycles. The van der Waals surface area contributed by atoms with Crippen LogP contribution in [0.15, 0.2) is 55.1 Å². The van der Waals surface area contributed by atoms with E-state index >= 15 is 0 Å². The lowest BCUT2D eigenvalue weighted by molar-refractivity contribution is -0.121. The zero-order valence-corrected chi connectivity index (χ0v) is 16.1. The summed E-state index contributed by atoms with van der Waals surface area (Å²) in [4.78, 5) is 16.2. The molecule has 0 bridgehead atoms. The van der Waals surface area contributed by atoms with Gasteiger partial charge >= 0.3 is 0 Å². The van der Waals surface area contributed by atoms with Crippen molar-refractivity contribution >= 4 is 5.91 Å². The van der Waals surface area contributed by atoms with Gasteiger partial charge in [0, 0.05) is 13.0 Å². The fourth-order valence-electron chi connectivity index (χ4n) is 2.95. The minimum Gasteiger partial charge on any atom is -0.493 e. The van der Waals surface area contributed by atoms with Crippen molar-refractivity contribution in [2.45, 2.75) is 25.9 Å². The molecule has 28 heavy (non-hydrogen) atoms. The Morgan fingerprint density at radius 2 is 1.86 bits per heavy atom. The molecule has 0 fully saturated rings. The van der Waals surface area contributed by atoms with Crippen LogP contribution in [0.1, 0.15) is 23.1 Å². The molecule has 7 nitrogen and oxygen atoms in total. The molecule has 0 aliphatic rings. The van der Waals surface area contributed by atoms with E-state index in [1.165, 1.54) is 6.33 Å². The van der Waals surface area contributed by atoms with Crippen molar-refractivity contribution in [3.05, 3.63) is 71.8 Å². The third kappa shape index (κ3) is 5.09. The first kappa shape index (κ1) is 19.4. The summed E-state index contributed by atoms with van der Waals surface area (Å²) in [5, 5.41) is 7.06. The van der Waals surface area contributed by atoms with E-state index in [-0.39, 0.29) is 5.91 Å². The summed E-state index contributed by atoms with van der Waals surface area (Å²) in [5.41, 5.74) is 3.13. The molecule has 3 rings (SSSR count). The number of carbonyl (C=O) groups excluding carboxylic acids is 1. The number of hydrogen-bond donors (Lipinski definition) is 1. The summed E-state index contributed by atoms with van der Waals surface area (Å²) in [6.45, 7) is 1.17. The molecule has 1 aromatic heterocycles. The molecule has 146 valence electrons. The lowest BCUT2D eigenvalue weighted by atomic mass is 10.1. The average Bonchev–Trinajstić information content (AvgIpc) is 3.24. The lowest BCUT2D eigenvalue weighted by Gasteiger charge is -2.12. The first-order valence-corrected chi connectivity index (χ1v) is 9.06. The predicted octanol–water partition coefficient (Wildman–Crippen LogP) is 2.59. The largest absolute Gasteiger partial charge is 0.493 e. The summed E-state index contributed by atoms with van der Waals surface area (Å²) >= 11 is 0. The minimum atomic E-state index is -0.00318. The Morgan fingerprint density at radius 1 is 1.07 bits per heavy atom. The fourth-order valence-corrected chi connectivity index (χ4v) is 2.95. The molecule has 0 saturated heterocycles. The summed E-state index contributed by atoms with van der Waals surface area (Å²) in [5.74, 6) is 1.35. The van der Waals surface area contributed by atoms with Gasteiger partial charge in [0.1, 0.15) is 12.7 Å². The number of carbonyl (C=O) groups is 1. The molecule has 0 aliphatic heterocycles. The van der Waals surface area contributed by atoms with Crippen LogP contribution in [-0.4, -0.2) is 34.9 Å². The smallest absolute Gasteiger partial charge is 0.220 e. The van der Waals surface area contributed by atoms with Crippen molar-refractivity contribution in [1.82, 2.24) is 20.1 Å². The number of hydrogen-bond acceptors (Lipinski definition) is 5. The summed E-state index contributed by atoms with van der Waals surface area (Å²) in [6, 6.07) is 13.8. The Labute approximate surface area is 164 Å². The van der Waals surface area contributed by atoms with E-state index in [4.69, 9.17) is 9.47 Å². The Balaban J connectivity index is 1.48. The Kier molecular flexibility index (Phi) is 6.62. The number of aromatic nitrogens is 3. The van der Waals surface area contributed by atoms with Crippen LogP contribution in [0.2, 0.25) is 0 Å². The van der Waals surface area contributed by atoms with Crippen LogP contribution in [0.25, 0.3) is 0 Å². The summed E-state index contributed by atoms with van der Waals surface area (Å²) < 4.78 is 12.5. The van der Waals surface area contributed by atoms with Crippen LogP contribution in [0.5, 0.6) is 11.5 Å². The van der Waals surface area contributed by atoms with E-state index in [9.17, 15) is 4.79 Å². The monoisotopic (exact) mass is 380 g/mol. The number of nitrogens with zero attached hydrogens (tertiary/aromatic N) is 3. The van der Waals surface area contributed by atoms with Crippen molar-refractivity contribution in [2.24, 2.45) is 0 Å². The maximum absolute atomic E-state index is 12.2. The van der Waals surface area contributed by atoms with Crippen molar-refractivity contribution in [3.8, 4) is 11.5 Å². The zero-order valence-electron chi connectivity index (χ0n) is 16.1. The third-order valence-electron chi connectivity index (χ3n) is 4.43. The van der Waals surface area contributed by atoms with E-state index in [2.05, 4.69) is 15.4 Å². The Bertz CT molecular complexity index is 893. The van der Waals surface area contributed by atoms with E-state index < -0.39 is 0 Å². The standard InChI is InChI=1S/C21H24N4O3/c1-27-19-5-3-4-18(21(19)28-2)10-11-20(26)23-12-16-6-8-17(9-7-16)13-25-15-22-14-24-25/h3-9,14-15H,10-13H2,1-2H3,(H,23,26).